The number of thioether (sulfide) groups is 1. The highest BCUT2D eigenvalue weighted by molar-refractivity contribution is 7.99. The minimum absolute atomic E-state index is 0.275. The van der Waals surface area contributed by atoms with Gasteiger partial charge in [0, 0.05) is 22.1 Å². The summed E-state index contributed by atoms with van der Waals surface area (Å²) in [5, 5.41) is 22.5. The van der Waals surface area contributed by atoms with E-state index in [1.54, 1.807) is 0 Å². The van der Waals surface area contributed by atoms with Gasteiger partial charge in [0.15, 0.2) is 0 Å². The molecule has 2 N–H and O–H groups in total. The van der Waals surface area contributed by atoms with E-state index in [4.69, 9.17) is 16.6 Å². The third-order valence-electron chi connectivity index (χ3n) is 9.73. The summed E-state index contributed by atoms with van der Waals surface area (Å²) >= 11 is 8.15. The Morgan fingerprint density at radius 2 is 1.81 bits per heavy atom. The molecule has 4 atom stereocenters. The lowest BCUT2D eigenvalue weighted by Crippen LogP contribution is -2.27. The molecule has 0 saturated heterocycles. The minimum Gasteiger partial charge on any atom is -0.481 e. The second-order valence-corrected chi connectivity index (χ2v) is 15.1. The third-order valence-corrected chi connectivity index (χ3v) is 11.5. The van der Waals surface area contributed by atoms with Crippen molar-refractivity contribution in [2.24, 2.45) is 11.8 Å². The first-order valence-corrected chi connectivity index (χ1v) is 18.8. The van der Waals surface area contributed by atoms with Crippen molar-refractivity contribution in [2.45, 2.75) is 70.1 Å². The number of benzene rings is 3. The van der Waals surface area contributed by atoms with Gasteiger partial charge in [0.05, 0.1) is 16.8 Å². The highest BCUT2D eigenvalue weighted by Crippen LogP contribution is 2.46. The monoisotopic (exact) mass is 684 g/mol. The molecule has 0 bridgehead atoms. The standard InChI is InChI=1S/C41H49ClN2O3S/c1-4-44(5-2)23-7-22-41(3,47)35-16-10-29(11-17-35)13-21-39(48-28-34-25-33(34)26-40(45)46)32-9-6-8-30(24-32)12-19-37-20-15-31-14-18-36(42)27-38(31)43-37/h6,8-12,14-20,24,27,33-34,39,47H,4-5,7,13,21-23,25-26,28H2,1-3H3,(H,45,46)/b19-12+/t33-,34?,39?,41?/m1/s1. The van der Waals surface area contributed by atoms with Crippen molar-refractivity contribution in [3.05, 3.63) is 112 Å². The number of rotatable bonds is 18. The maximum atomic E-state index is 11.2. The van der Waals surface area contributed by atoms with E-state index in [-0.39, 0.29) is 11.7 Å². The number of carboxylic acid groups (broad SMARTS) is 1. The smallest absolute Gasteiger partial charge is 0.303 e. The van der Waals surface area contributed by atoms with Crippen LogP contribution in [0, 0.1) is 11.8 Å². The van der Waals surface area contributed by atoms with E-state index >= 15 is 0 Å². The molecular weight excluding hydrogens is 636 g/mol. The normalized spacial score (nSPS) is 18.0. The summed E-state index contributed by atoms with van der Waals surface area (Å²) in [4.78, 5) is 18.4. The van der Waals surface area contributed by atoms with E-state index in [9.17, 15) is 15.0 Å². The molecule has 0 radical (unpaired) electrons. The van der Waals surface area contributed by atoms with E-state index < -0.39 is 11.6 Å². The van der Waals surface area contributed by atoms with Crippen LogP contribution in [0.25, 0.3) is 23.1 Å². The molecule has 1 aliphatic rings. The van der Waals surface area contributed by atoms with Gasteiger partial charge in [-0.25, -0.2) is 4.98 Å². The van der Waals surface area contributed by atoms with Crippen LogP contribution in [0.2, 0.25) is 5.02 Å². The number of hydrogen-bond acceptors (Lipinski definition) is 5. The van der Waals surface area contributed by atoms with Gasteiger partial charge in [-0.15, -0.1) is 0 Å². The number of hydrogen-bond donors (Lipinski definition) is 2. The van der Waals surface area contributed by atoms with Crippen LogP contribution in [0.15, 0.2) is 78.9 Å². The van der Waals surface area contributed by atoms with Crippen LogP contribution in [0.5, 0.6) is 0 Å². The number of carbonyl (C=O) groups is 1. The van der Waals surface area contributed by atoms with Gasteiger partial charge in [-0.05, 0) is 123 Å². The van der Waals surface area contributed by atoms with Crippen molar-refractivity contribution in [2.75, 3.05) is 25.4 Å². The molecule has 7 heteroatoms. The molecule has 0 aliphatic heterocycles. The molecule has 254 valence electrons. The fourth-order valence-corrected chi connectivity index (χ4v) is 8.16. The maximum Gasteiger partial charge on any atom is 0.303 e. The first kappa shape index (κ1) is 36.1. The molecule has 1 fully saturated rings. The SMILES string of the molecule is CCN(CC)CCCC(C)(O)c1ccc(CCC(SCC2C[C@@H]2CC(=O)O)c2cccc(/C=C/c3ccc4ccc(Cl)cc4n3)c2)cc1. The summed E-state index contributed by atoms with van der Waals surface area (Å²) in [5.41, 5.74) is 5.55. The van der Waals surface area contributed by atoms with Crippen molar-refractivity contribution < 1.29 is 15.0 Å². The summed E-state index contributed by atoms with van der Waals surface area (Å²) in [5.74, 6) is 1.06. The van der Waals surface area contributed by atoms with Crippen molar-refractivity contribution in [1.29, 1.82) is 0 Å². The summed E-state index contributed by atoms with van der Waals surface area (Å²) < 4.78 is 0. The Hall–Kier alpha value is -3.16. The van der Waals surface area contributed by atoms with Crippen LogP contribution in [0.4, 0.5) is 0 Å². The summed E-state index contributed by atoms with van der Waals surface area (Å²) in [7, 11) is 0. The van der Waals surface area contributed by atoms with E-state index in [0.717, 1.165) is 85.2 Å². The fraction of sp³-hybridized carbons (Fsp3) is 0.415. The Labute approximate surface area is 295 Å². The lowest BCUT2D eigenvalue weighted by atomic mass is 9.90. The number of aliphatic hydroxyl groups is 1. The predicted octanol–water partition coefficient (Wildman–Crippen LogP) is 9.91. The lowest BCUT2D eigenvalue weighted by Gasteiger charge is -2.26. The molecule has 5 rings (SSSR count). The van der Waals surface area contributed by atoms with Crippen molar-refractivity contribution >= 4 is 52.4 Å². The Morgan fingerprint density at radius 3 is 2.56 bits per heavy atom. The molecule has 3 aromatic carbocycles. The topological polar surface area (TPSA) is 73.7 Å². The van der Waals surface area contributed by atoms with Gasteiger partial charge in [0.2, 0.25) is 0 Å². The lowest BCUT2D eigenvalue weighted by molar-refractivity contribution is -0.137. The quantitative estimate of drug-likeness (QED) is 0.109. The van der Waals surface area contributed by atoms with E-state index in [1.807, 2.05) is 49.0 Å². The zero-order valence-corrected chi connectivity index (χ0v) is 30.0. The second kappa shape index (κ2) is 17.0. The predicted molar refractivity (Wildman–Crippen MR) is 203 cm³/mol. The Morgan fingerprint density at radius 1 is 1.04 bits per heavy atom. The largest absolute Gasteiger partial charge is 0.481 e. The molecular formula is C41H49ClN2O3S. The number of aromatic nitrogens is 1. The number of nitrogens with zero attached hydrogens (tertiary/aromatic N) is 2. The number of carboxylic acids is 1. The van der Waals surface area contributed by atoms with Crippen LogP contribution < -0.4 is 0 Å². The Kier molecular flexibility index (Phi) is 12.8. The van der Waals surface area contributed by atoms with Gasteiger partial charge in [0.1, 0.15) is 0 Å². The zero-order chi connectivity index (χ0) is 34.1. The van der Waals surface area contributed by atoms with Crippen LogP contribution >= 0.6 is 23.4 Å². The Balaban J connectivity index is 1.25. The van der Waals surface area contributed by atoms with Crippen LogP contribution in [-0.4, -0.2) is 51.5 Å². The molecule has 0 amide bonds. The van der Waals surface area contributed by atoms with Gasteiger partial charge >= 0.3 is 5.97 Å². The maximum absolute atomic E-state index is 11.2. The number of fused-ring (bicyclic) bond motifs is 1. The molecule has 5 nitrogen and oxygen atoms in total. The molecule has 1 aromatic heterocycles. The molecule has 1 heterocycles. The van der Waals surface area contributed by atoms with E-state index in [0.29, 0.717) is 16.9 Å². The van der Waals surface area contributed by atoms with Crippen LogP contribution in [-0.2, 0) is 16.8 Å². The summed E-state index contributed by atoms with van der Waals surface area (Å²) in [6, 6.07) is 27.1. The van der Waals surface area contributed by atoms with Crippen LogP contribution in [0.1, 0.15) is 86.1 Å². The molecule has 4 aromatic rings. The average molecular weight is 685 g/mol. The molecule has 48 heavy (non-hydrogen) atoms. The van der Waals surface area contributed by atoms with Crippen molar-refractivity contribution in [3.8, 4) is 0 Å². The highest BCUT2D eigenvalue weighted by atomic mass is 35.5. The second-order valence-electron chi connectivity index (χ2n) is 13.4. The number of halogens is 1. The van der Waals surface area contributed by atoms with E-state index in [1.165, 1.54) is 11.1 Å². The van der Waals surface area contributed by atoms with Gasteiger partial charge in [-0.3, -0.25) is 4.79 Å². The van der Waals surface area contributed by atoms with Gasteiger partial charge < -0.3 is 15.1 Å². The van der Waals surface area contributed by atoms with Crippen molar-refractivity contribution in [1.82, 2.24) is 9.88 Å². The fourth-order valence-electron chi connectivity index (χ4n) is 6.48. The van der Waals surface area contributed by atoms with Gasteiger partial charge in [0.25, 0.3) is 0 Å². The average Bonchev–Trinajstić information content (AvgIpc) is 3.82. The number of aryl methyl sites for hydroxylation is 1. The minimum atomic E-state index is -0.843. The number of pyridine rings is 1. The summed E-state index contributed by atoms with van der Waals surface area (Å²) in [6.45, 7) is 9.37. The number of aliphatic carboxylic acids is 1. The molecule has 1 saturated carbocycles. The third kappa shape index (κ3) is 10.4. The summed E-state index contributed by atoms with van der Waals surface area (Å²) in [6.07, 6.45) is 9.04. The van der Waals surface area contributed by atoms with Gasteiger partial charge in [-0.2, -0.15) is 11.8 Å². The van der Waals surface area contributed by atoms with Gasteiger partial charge in [-0.1, -0.05) is 92.2 Å². The Bertz CT molecular complexity index is 1690. The first-order valence-electron chi connectivity index (χ1n) is 17.4. The first-order chi connectivity index (χ1) is 23.1. The molecule has 0 spiro atoms. The van der Waals surface area contributed by atoms with E-state index in [2.05, 4.69) is 79.4 Å². The zero-order valence-electron chi connectivity index (χ0n) is 28.4. The molecule has 3 unspecified atom stereocenters. The molecule has 1 aliphatic carbocycles. The van der Waals surface area contributed by atoms with Crippen LogP contribution in [0.3, 0.4) is 0 Å². The van der Waals surface area contributed by atoms with Crippen molar-refractivity contribution in [3.63, 3.8) is 0 Å². The highest BCUT2D eigenvalue weighted by Gasteiger charge is 2.38.